The second kappa shape index (κ2) is 6.73. The van der Waals surface area contributed by atoms with Crippen LogP contribution in [0.2, 0.25) is 0 Å². The van der Waals surface area contributed by atoms with E-state index in [1.54, 1.807) is 6.07 Å². The molecule has 0 aromatic heterocycles. The van der Waals surface area contributed by atoms with Crippen LogP contribution >= 0.6 is 0 Å². The normalized spacial score (nSPS) is 28.2. The molecule has 1 aromatic rings. The molecule has 104 valence electrons. The van der Waals surface area contributed by atoms with Gasteiger partial charge in [-0.1, -0.05) is 18.6 Å². The van der Waals surface area contributed by atoms with Crippen molar-refractivity contribution in [2.75, 3.05) is 6.61 Å². The fourth-order valence-electron chi connectivity index (χ4n) is 3.59. The number of ether oxygens (including phenoxy) is 1. The standard InChI is InChI=1S/C14H17BF3O.K/c16-15(17,18)13-2-1-3-14(8-13)19-9-12-7-10-4-5-11(12)6-10;/h1-3,8,10-12H,4-7,9H2;/q-1;+1. The Bertz CT molecular complexity index is 466. The number of hydrogen-bond acceptors (Lipinski definition) is 1. The molecular weight excluding hydrogens is 291 g/mol. The van der Waals surface area contributed by atoms with Gasteiger partial charge in [0, 0.05) is 0 Å². The van der Waals surface area contributed by atoms with Gasteiger partial charge >= 0.3 is 58.4 Å². The van der Waals surface area contributed by atoms with Crippen LogP contribution in [0.25, 0.3) is 0 Å². The van der Waals surface area contributed by atoms with E-state index in [0.717, 1.165) is 24.0 Å². The van der Waals surface area contributed by atoms with Gasteiger partial charge < -0.3 is 17.7 Å². The van der Waals surface area contributed by atoms with Crippen molar-refractivity contribution in [3.8, 4) is 5.75 Å². The molecule has 0 amide bonds. The first-order chi connectivity index (χ1) is 9.02. The van der Waals surface area contributed by atoms with E-state index in [0.29, 0.717) is 18.3 Å². The van der Waals surface area contributed by atoms with Crippen molar-refractivity contribution < 1.29 is 69.1 Å². The molecule has 0 saturated heterocycles. The summed E-state index contributed by atoms with van der Waals surface area (Å²) in [5.41, 5.74) is -0.578. The zero-order chi connectivity index (χ0) is 13.5. The molecule has 0 spiro atoms. The van der Waals surface area contributed by atoms with Crippen molar-refractivity contribution in [2.45, 2.75) is 25.7 Å². The van der Waals surface area contributed by atoms with Crippen LogP contribution in [-0.2, 0) is 0 Å². The first-order valence-electron chi connectivity index (χ1n) is 6.95. The predicted molar refractivity (Wildman–Crippen MR) is 69.6 cm³/mol. The van der Waals surface area contributed by atoms with Crippen molar-refractivity contribution in [3.63, 3.8) is 0 Å². The van der Waals surface area contributed by atoms with E-state index in [1.807, 2.05) is 0 Å². The third-order valence-electron chi connectivity index (χ3n) is 4.58. The van der Waals surface area contributed by atoms with Gasteiger partial charge in [0.2, 0.25) is 0 Å². The van der Waals surface area contributed by atoms with Crippen molar-refractivity contribution in [1.82, 2.24) is 0 Å². The van der Waals surface area contributed by atoms with Crippen LogP contribution in [0.1, 0.15) is 25.7 Å². The molecule has 0 radical (unpaired) electrons. The van der Waals surface area contributed by atoms with Gasteiger partial charge in [-0.25, -0.2) is 0 Å². The van der Waals surface area contributed by atoms with Crippen LogP contribution in [0.3, 0.4) is 0 Å². The SMILES string of the molecule is F[B-](F)(F)c1cccc(OCC2CC3CCC2C3)c1.[K+]. The summed E-state index contributed by atoms with van der Waals surface area (Å²) in [6.45, 7) is -4.37. The van der Waals surface area contributed by atoms with E-state index in [2.05, 4.69) is 0 Å². The second-order valence-corrected chi connectivity index (χ2v) is 5.89. The maximum atomic E-state index is 12.6. The molecule has 3 rings (SSSR count). The molecule has 2 aliphatic rings. The largest absolute Gasteiger partial charge is 1.00 e. The number of hydrogen-bond donors (Lipinski definition) is 0. The molecule has 3 atom stereocenters. The summed E-state index contributed by atoms with van der Waals surface area (Å²) >= 11 is 0. The van der Waals surface area contributed by atoms with Crippen LogP contribution in [0, 0.1) is 17.8 Å². The molecule has 2 aliphatic carbocycles. The smallest absolute Gasteiger partial charge is 0.493 e. The van der Waals surface area contributed by atoms with Crippen LogP contribution < -0.4 is 61.6 Å². The van der Waals surface area contributed by atoms with E-state index < -0.39 is 12.4 Å². The third-order valence-corrected chi connectivity index (χ3v) is 4.58. The van der Waals surface area contributed by atoms with Crippen molar-refractivity contribution in [3.05, 3.63) is 24.3 Å². The molecule has 0 heterocycles. The van der Waals surface area contributed by atoms with Crippen molar-refractivity contribution in [2.24, 2.45) is 17.8 Å². The van der Waals surface area contributed by atoms with Crippen LogP contribution in [0.15, 0.2) is 24.3 Å². The molecule has 1 nitrogen and oxygen atoms in total. The van der Waals surface area contributed by atoms with Gasteiger partial charge in [0.15, 0.2) is 0 Å². The Hall–Kier alpha value is 0.511. The Balaban J connectivity index is 0.00000147. The summed E-state index contributed by atoms with van der Waals surface area (Å²) < 4.78 is 43.5. The summed E-state index contributed by atoms with van der Waals surface area (Å²) in [5, 5.41) is 0. The van der Waals surface area contributed by atoms with E-state index in [1.165, 1.54) is 31.7 Å². The van der Waals surface area contributed by atoms with Gasteiger partial charge in [-0.05, 0) is 49.1 Å². The van der Waals surface area contributed by atoms with E-state index in [9.17, 15) is 12.9 Å². The third kappa shape index (κ3) is 3.83. The summed E-state index contributed by atoms with van der Waals surface area (Å²) in [4.78, 5) is 0. The molecule has 3 unspecified atom stereocenters. The van der Waals surface area contributed by atoms with E-state index in [-0.39, 0.29) is 51.4 Å². The fourth-order valence-corrected chi connectivity index (χ4v) is 3.59. The van der Waals surface area contributed by atoms with E-state index in [4.69, 9.17) is 4.74 Å². The van der Waals surface area contributed by atoms with Gasteiger partial charge in [0.1, 0.15) is 5.75 Å². The topological polar surface area (TPSA) is 9.23 Å². The maximum Gasteiger partial charge on any atom is 1.00 e. The molecule has 2 bridgehead atoms. The Labute approximate surface area is 160 Å². The summed E-state index contributed by atoms with van der Waals surface area (Å²) in [6, 6.07) is 5.25. The molecule has 0 aliphatic heterocycles. The van der Waals surface area contributed by atoms with Gasteiger partial charge in [-0.2, -0.15) is 0 Å². The minimum absolute atomic E-state index is 0. The maximum absolute atomic E-state index is 12.6. The zero-order valence-electron chi connectivity index (χ0n) is 11.7. The first kappa shape index (κ1) is 16.9. The average molecular weight is 308 g/mol. The minimum Gasteiger partial charge on any atom is -0.493 e. The summed E-state index contributed by atoms with van der Waals surface area (Å²) in [7, 11) is 0. The van der Waals surface area contributed by atoms with E-state index >= 15 is 0 Å². The molecule has 6 heteroatoms. The minimum atomic E-state index is -4.94. The number of fused-ring (bicyclic) bond motifs is 2. The monoisotopic (exact) mass is 308 g/mol. The molecule has 2 fully saturated rings. The van der Waals surface area contributed by atoms with Crippen molar-refractivity contribution in [1.29, 1.82) is 0 Å². The second-order valence-electron chi connectivity index (χ2n) is 5.89. The molecular formula is C14H17BF3KO. The molecule has 1 aromatic carbocycles. The fraction of sp³-hybridized carbons (Fsp3) is 0.571. The van der Waals surface area contributed by atoms with Crippen LogP contribution in [0.5, 0.6) is 5.75 Å². The Kier molecular flexibility index (Phi) is 5.68. The Morgan fingerprint density at radius 2 is 1.95 bits per heavy atom. The summed E-state index contributed by atoms with van der Waals surface area (Å²) in [5.74, 6) is 2.46. The van der Waals surface area contributed by atoms with Gasteiger partial charge in [0.25, 0.3) is 0 Å². The van der Waals surface area contributed by atoms with Gasteiger partial charge in [-0.3, -0.25) is 0 Å². The van der Waals surface area contributed by atoms with Gasteiger partial charge in [0.05, 0.1) is 6.61 Å². The first-order valence-corrected chi connectivity index (χ1v) is 6.95. The number of halogens is 3. The molecule has 0 N–H and O–H groups in total. The average Bonchev–Trinajstić information content (AvgIpc) is 2.98. The molecule has 20 heavy (non-hydrogen) atoms. The summed E-state index contributed by atoms with van der Waals surface area (Å²) in [6.07, 6.45) is 5.07. The zero-order valence-corrected chi connectivity index (χ0v) is 14.8. The predicted octanol–water partition coefficient (Wildman–Crippen LogP) is 0.560. The Morgan fingerprint density at radius 3 is 2.55 bits per heavy atom. The number of rotatable bonds is 4. The number of benzene rings is 1. The van der Waals surface area contributed by atoms with Gasteiger partial charge in [-0.15, -0.1) is 5.46 Å². The quantitative estimate of drug-likeness (QED) is 0.739. The molecule has 2 saturated carbocycles. The van der Waals surface area contributed by atoms with Crippen LogP contribution in [0.4, 0.5) is 12.9 Å². The van der Waals surface area contributed by atoms with Crippen molar-refractivity contribution >= 4 is 12.4 Å². The van der Waals surface area contributed by atoms with Crippen LogP contribution in [-0.4, -0.2) is 13.6 Å². The Morgan fingerprint density at radius 1 is 1.15 bits per heavy atom.